The topological polar surface area (TPSA) is 49.8 Å². The van der Waals surface area contributed by atoms with Crippen LogP contribution in [0.5, 0.6) is 0 Å². The number of ether oxygens (including phenoxy) is 1. The summed E-state index contributed by atoms with van der Waals surface area (Å²) >= 11 is 0. The maximum Gasteiger partial charge on any atom is 0.224 e. The van der Waals surface area contributed by atoms with E-state index in [-0.39, 0.29) is 17.9 Å². The fourth-order valence-electron chi connectivity index (χ4n) is 2.93. The molecular formula is C18H27NO3. The molecule has 1 aliphatic heterocycles. The van der Waals surface area contributed by atoms with Gasteiger partial charge in [0.05, 0.1) is 25.2 Å². The van der Waals surface area contributed by atoms with E-state index in [9.17, 15) is 9.90 Å². The summed E-state index contributed by atoms with van der Waals surface area (Å²) in [7, 11) is 0. The normalized spacial score (nSPS) is 17.7. The molecule has 2 rings (SSSR count). The van der Waals surface area contributed by atoms with Crippen LogP contribution in [0.25, 0.3) is 0 Å². The summed E-state index contributed by atoms with van der Waals surface area (Å²) in [6, 6.07) is 9.78. The van der Waals surface area contributed by atoms with Crippen LogP contribution in [0.2, 0.25) is 0 Å². The van der Waals surface area contributed by atoms with E-state index in [1.54, 1.807) is 0 Å². The Morgan fingerprint density at radius 2 is 1.91 bits per heavy atom. The fraction of sp³-hybridized carbons (Fsp3) is 0.611. The number of carbonyl (C=O) groups is 1. The van der Waals surface area contributed by atoms with E-state index in [0.29, 0.717) is 13.0 Å². The molecule has 1 fully saturated rings. The van der Waals surface area contributed by atoms with Gasteiger partial charge in [-0.2, -0.15) is 0 Å². The maximum absolute atomic E-state index is 12.1. The number of likely N-dealkylation sites (tertiary alicyclic amines) is 1. The van der Waals surface area contributed by atoms with Crippen LogP contribution in [-0.4, -0.2) is 41.7 Å². The Morgan fingerprint density at radius 1 is 1.27 bits per heavy atom. The van der Waals surface area contributed by atoms with Crippen LogP contribution in [0, 0.1) is 5.92 Å². The van der Waals surface area contributed by atoms with Crippen LogP contribution >= 0.6 is 0 Å². The van der Waals surface area contributed by atoms with Crippen molar-refractivity contribution < 1.29 is 14.6 Å². The van der Waals surface area contributed by atoms with Crippen molar-refractivity contribution in [2.75, 3.05) is 19.7 Å². The number of aliphatic hydroxyl groups is 1. The molecule has 1 saturated heterocycles. The molecule has 1 N–H and O–H groups in total. The second-order valence-corrected chi connectivity index (χ2v) is 6.24. The van der Waals surface area contributed by atoms with E-state index in [4.69, 9.17) is 4.74 Å². The second kappa shape index (κ2) is 8.30. The molecule has 1 aliphatic rings. The van der Waals surface area contributed by atoms with Gasteiger partial charge in [-0.05, 0) is 38.2 Å². The predicted octanol–water partition coefficient (Wildman–Crippen LogP) is 2.77. The van der Waals surface area contributed by atoms with Gasteiger partial charge >= 0.3 is 0 Å². The lowest BCUT2D eigenvalue weighted by atomic mass is 9.87. The van der Waals surface area contributed by atoms with Crippen LogP contribution < -0.4 is 0 Å². The number of hydrogen-bond acceptors (Lipinski definition) is 3. The minimum atomic E-state index is -0.428. The average molecular weight is 305 g/mol. The largest absolute Gasteiger partial charge is 0.388 e. The van der Waals surface area contributed by atoms with E-state index in [1.807, 2.05) is 49.1 Å². The zero-order valence-corrected chi connectivity index (χ0v) is 13.6. The van der Waals surface area contributed by atoms with Gasteiger partial charge in [0.2, 0.25) is 5.91 Å². The van der Waals surface area contributed by atoms with Gasteiger partial charge in [-0.15, -0.1) is 0 Å². The van der Waals surface area contributed by atoms with Gasteiger partial charge in [-0.3, -0.25) is 4.79 Å². The third-order valence-corrected chi connectivity index (χ3v) is 4.25. The molecule has 0 radical (unpaired) electrons. The first-order valence-corrected chi connectivity index (χ1v) is 8.20. The number of carbonyl (C=O) groups excluding carboxylic acids is 1. The van der Waals surface area contributed by atoms with Crippen LogP contribution in [-0.2, 0) is 9.53 Å². The van der Waals surface area contributed by atoms with Gasteiger partial charge in [0.1, 0.15) is 0 Å². The van der Waals surface area contributed by atoms with Gasteiger partial charge < -0.3 is 14.7 Å². The maximum atomic E-state index is 12.1. The van der Waals surface area contributed by atoms with Crippen molar-refractivity contribution in [1.29, 1.82) is 0 Å². The molecule has 4 heteroatoms. The third-order valence-electron chi connectivity index (χ3n) is 4.25. The lowest BCUT2D eigenvalue weighted by molar-refractivity contribution is -0.134. The minimum Gasteiger partial charge on any atom is -0.388 e. The van der Waals surface area contributed by atoms with Gasteiger partial charge in [0, 0.05) is 13.1 Å². The van der Waals surface area contributed by atoms with Gasteiger partial charge in [0.25, 0.3) is 0 Å². The van der Waals surface area contributed by atoms with Crippen molar-refractivity contribution in [2.24, 2.45) is 5.92 Å². The number of nitrogens with zero attached hydrogens (tertiary/aromatic N) is 1. The van der Waals surface area contributed by atoms with E-state index in [1.165, 1.54) is 0 Å². The van der Waals surface area contributed by atoms with Crippen LogP contribution in [0.3, 0.4) is 0 Å². The summed E-state index contributed by atoms with van der Waals surface area (Å²) < 4.78 is 5.43. The highest BCUT2D eigenvalue weighted by atomic mass is 16.5. The Labute approximate surface area is 133 Å². The van der Waals surface area contributed by atoms with Crippen molar-refractivity contribution in [3.05, 3.63) is 35.9 Å². The summed E-state index contributed by atoms with van der Waals surface area (Å²) in [5.41, 5.74) is 0.970. The monoisotopic (exact) mass is 305 g/mol. The molecule has 1 aromatic rings. The second-order valence-electron chi connectivity index (χ2n) is 6.24. The van der Waals surface area contributed by atoms with Crippen LogP contribution in [0.1, 0.15) is 44.8 Å². The quantitative estimate of drug-likeness (QED) is 0.879. The zero-order valence-electron chi connectivity index (χ0n) is 13.6. The molecule has 122 valence electrons. The highest BCUT2D eigenvalue weighted by Crippen LogP contribution is 2.30. The molecule has 1 unspecified atom stereocenters. The molecule has 0 bridgehead atoms. The SMILES string of the molecule is CC(C)OCCC(=O)N1CCC(C(O)c2ccccc2)CC1. The highest BCUT2D eigenvalue weighted by Gasteiger charge is 2.27. The molecule has 0 aliphatic carbocycles. The molecule has 22 heavy (non-hydrogen) atoms. The lowest BCUT2D eigenvalue weighted by Gasteiger charge is -2.34. The van der Waals surface area contributed by atoms with Crippen LogP contribution in [0.4, 0.5) is 0 Å². The molecule has 1 aromatic carbocycles. The lowest BCUT2D eigenvalue weighted by Crippen LogP contribution is -2.40. The molecule has 1 atom stereocenters. The van der Waals surface area contributed by atoms with Gasteiger partial charge in [-0.1, -0.05) is 30.3 Å². The molecule has 0 saturated carbocycles. The van der Waals surface area contributed by atoms with E-state index < -0.39 is 6.10 Å². The Morgan fingerprint density at radius 3 is 2.50 bits per heavy atom. The third kappa shape index (κ3) is 4.82. The predicted molar refractivity (Wildman–Crippen MR) is 86.4 cm³/mol. The smallest absolute Gasteiger partial charge is 0.224 e. The minimum absolute atomic E-state index is 0.160. The molecular weight excluding hydrogens is 278 g/mol. The zero-order chi connectivity index (χ0) is 15.9. The standard InChI is InChI=1S/C18H27NO3/c1-14(2)22-13-10-17(20)19-11-8-16(9-12-19)18(21)15-6-4-3-5-7-15/h3-7,14,16,18,21H,8-13H2,1-2H3. The summed E-state index contributed by atoms with van der Waals surface area (Å²) in [5, 5.41) is 10.4. The van der Waals surface area contributed by atoms with Crippen LogP contribution in [0.15, 0.2) is 30.3 Å². The first-order valence-electron chi connectivity index (χ1n) is 8.20. The summed E-state index contributed by atoms with van der Waals surface area (Å²) in [6.45, 7) is 5.90. The van der Waals surface area contributed by atoms with E-state index in [0.717, 1.165) is 31.5 Å². The van der Waals surface area contributed by atoms with Crippen molar-refractivity contribution in [3.8, 4) is 0 Å². The fourth-order valence-corrected chi connectivity index (χ4v) is 2.93. The van der Waals surface area contributed by atoms with E-state index >= 15 is 0 Å². The molecule has 0 aromatic heterocycles. The van der Waals surface area contributed by atoms with Crippen molar-refractivity contribution >= 4 is 5.91 Å². The van der Waals surface area contributed by atoms with Crippen molar-refractivity contribution in [2.45, 2.75) is 45.3 Å². The Bertz CT molecular complexity index is 453. The molecule has 1 heterocycles. The summed E-state index contributed by atoms with van der Waals surface area (Å²) in [4.78, 5) is 14.0. The molecule has 4 nitrogen and oxygen atoms in total. The first-order chi connectivity index (χ1) is 10.6. The van der Waals surface area contributed by atoms with E-state index in [2.05, 4.69) is 0 Å². The van der Waals surface area contributed by atoms with Gasteiger partial charge in [0.15, 0.2) is 0 Å². The number of aliphatic hydroxyl groups excluding tert-OH is 1. The average Bonchev–Trinajstić information content (AvgIpc) is 2.54. The first kappa shape index (κ1) is 17.0. The number of amides is 1. The molecule has 1 amide bonds. The molecule has 0 spiro atoms. The Balaban J connectivity index is 1.77. The Hall–Kier alpha value is -1.39. The van der Waals surface area contributed by atoms with Crippen molar-refractivity contribution in [3.63, 3.8) is 0 Å². The number of piperidine rings is 1. The number of benzene rings is 1. The van der Waals surface area contributed by atoms with Gasteiger partial charge in [-0.25, -0.2) is 0 Å². The Kier molecular flexibility index (Phi) is 6.40. The number of hydrogen-bond donors (Lipinski definition) is 1. The number of rotatable bonds is 6. The van der Waals surface area contributed by atoms with Crippen molar-refractivity contribution in [1.82, 2.24) is 4.90 Å². The summed E-state index contributed by atoms with van der Waals surface area (Å²) in [6.07, 6.45) is 1.89. The summed E-state index contributed by atoms with van der Waals surface area (Å²) in [5.74, 6) is 0.395. The highest BCUT2D eigenvalue weighted by molar-refractivity contribution is 5.76.